The van der Waals surface area contributed by atoms with Gasteiger partial charge in [0, 0.05) is 26.6 Å². The first-order chi connectivity index (χ1) is 13.3. The summed E-state index contributed by atoms with van der Waals surface area (Å²) in [5.41, 5.74) is 0.512. The number of hydrogen-bond donors (Lipinski definition) is 1. The lowest BCUT2D eigenvalue weighted by atomic mass is 10.1. The van der Waals surface area contributed by atoms with Gasteiger partial charge in [-0.1, -0.05) is 12.1 Å². The molecule has 0 bridgehead atoms. The van der Waals surface area contributed by atoms with E-state index >= 15 is 0 Å². The summed E-state index contributed by atoms with van der Waals surface area (Å²) in [6.45, 7) is 3.16. The lowest BCUT2D eigenvalue weighted by Gasteiger charge is -2.29. The lowest BCUT2D eigenvalue weighted by Crippen LogP contribution is -2.51. The van der Waals surface area contributed by atoms with Crippen LogP contribution in [0.5, 0.6) is 0 Å². The summed E-state index contributed by atoms with van der Waals surface area (Å²) in [4.78, 5) is 62.9. The number of methoxy groups -OCH3 is 1. The number of amides is 4. The SMILES string of the molecule is COC(=O)CCN(CCNC(C)=O)C(=O)C(C)N1C(=O)c2ccccc2C1=O. The molecule has 0 spiro atoms. The largest absolute Gasteiger partial charge is 0.469 e. The Morgan fingerprint density at radius 3 is 2.18 bits per heavy atom. The van der Waals surface area contributed by atoms with E-state index in [0.717, 1.165) is 4.90 Å². The molecule has 1 atom stereocenters. The minimum absolute atomic E-state index is 0.0403. The highest BCUT2D eigenvalue weighted by atomic mass is 16.5. The van der Waals surface area contributed by atoms with Crippen LogP contribution in [0.25, 0.3) is 0 Å². The summed E-state index contributed by atoms with van der Waals surface area (Å²) in [5.74, 6) is -2.31. The van der Waals surface area contributed by atoms with Crippen LogP contribution in [-0.2, 0) is 19.1 Å². The molecule has 0 aromatic heterocycles. The highest BCUT2D eigenvalue weighted by molar-refractivity contribution is 6.22. The first kappa shape index (κ1) is 21.1. The summed E-state index contributed by atoms with van der Waals surface area (Å²) in [6.07, 6.45) is -0.0445. The van der Waals surface area contributed by atoms with Crippen LogP contribution < -0.4 is 5.32 Å². The Morgan fingerprint density at radius 2 is 1.68 bits per heavy atom. The number of carbonyl (C=O) groups excluding carboxylic acids is 5. The highest BCUT2D eigenvalue weighted by Crippen LogP contribution is 2.25. The van der Waals surface area contributed by atoms with Gasteiger partial charge in [0.25, 0.3) is 11.8 Å². The van der Waals surface area contributed by atoms with Crippen molar-refractivity contribution in [2.45, 2.75) is 26.3 Å². The van der Waals surface area contributed by atoms with Gasteiger partial charge in [0.05, 0.1) is 24.7 Å². The van der Waals surface area contributed by atoms with Crippen LogP contribution in [0, 0.1) is 0 Å². The molecule has 0 saturated heterocycles. The maximum atomic E-state index is 13.0. The van der Waals surface area contributed by atoms with E-state index in [2.05, 4.69) is 10.1 Å². The molecule has 9 heteroatoms. The molecule has 0 radical (unpaired) electrons. The number of hydrogen-bond acceptors (Lipinski definition) is 6. The third kappa shape index (κ3) is 4.54. The Morgan fingerprint density at radius 1 is 1.11 bits per heavy atom. The van der Waals surface area contributed by atoms with Crippen LogP contribution in [0.1, 0.15) is 41.0 Å². The average molecular weight is 389 g/mol. The number of esters is 1. The van der Waals surface area contributed by atoms with Gasteiger partial charge in [-0.2, -0.15) is 0 Å². The predicted molar refractivity (Wildman–Crippen MR) is 98.3 cm³/mol. The highest BCUT2D eigenvalue weighted by Gasteiger charge is 2.41. The maximum Gasteiger partial charge on any atom is 0.307 e. The third-order valence-corrected chi connectivity index (χ3v) is 4.45. The van der Waals surface area contributed by atoms with Gasteiger partial charge in [0.15, 0.2) is 0 Å². The van der Waals surface area contributed by atoms with Crippen molar-refractivity contribution in [3.05, 3.63) is 35.4 Å². The zero-order valence-electron chi connectivity index (χ0n) is 16.1. The molecular weight excluding hydrogens is 366 g/mol. The van der Waals surface area contributed by atoms with Gasteiger partial charge in [-0.3, -0.25) is 28.9 Å². The van der Waals surface area contributed by atoms with Crippen LogP contribution in [-0.4, -0.2) is 72.2 Å². The van der Waals surface area contributed by atoms with Crippen molar-refractivity contribution in [2.24, 2.45) is 0 Å². The molecule has 150 valence electrons. The summed E-state index contributed by atoms with van der Waals surface area (Å²) < 4.78 is 4.59. The molecule has 28 heavy (non-hydrogen) atoms. The summed E-state index contributed by atoms with van der Waals surface area (Å²) >= 11 is 0. The summed E-state index contributed by atoms with van der Waals surface area (Å²) in [6, 6.07) is 5.32. The molecule has 1 aliphatic heterocycles. The van der Waals surface area contributed by atoms with Crippen LogP contribution in [0.3, 0.4) is 0 Å². The van der Waals surface area contributed by atoms with E-state index in [1.165, 1.54) is 25.9 Å². The van der Waals surface area contributed by atoms with E-state index < -0.39 is 29.7 Å². The number of nitrogens with zero attached hydrogens (tertiary/aromatic N) is 2. The van der Waals surface area contributed by atoms with Crippen LogP contribution in [0.2, 0.25) is 0 Å². The van der Waals surface area contributed by atoms with Gasteiger partial charge in [-0.05, 0) is 19.1 Å². The minimum atomic E-state index is -1.05. The molecule has 1 unspecified atom stereocenters. The first-order valence-electron chi connectivity index (χ1n) is 8.84. The second-order valence-corrected chi connectivity index (χ2v) is 6.34. The van der Waals surface area contributed by atoms with E-state index in [0.29, 0.717) is 0 Å². The maximum absolute atomic E-state index is 13.0. The average Bonchev–Trinajstić information content (AvgIpc) is 2.93. The van der Waals surface area contributed by atoms with E-state index in [1.54, 1.807) is 24.3 Å². The van der Waals surface area contributed by atoms with Gasteiger partial charge >= 0.3 is 5.97 Å². The molecule has 1 aromatic carbocycles. The molecule has 1 heterocycles. The second kappa shape index (κ2) is 9.12. The van der Waals surface area contributed by atoms with Crippen molar-refractivity contribution in [3.8, 4) is 0 Å². The molecule has 0 aliphatic carbocycles. The molecule has 0 saturated carbocycles. The number of fused-ring (bicyclic) bond motifs is 1. The fourth-order valence-electron chi connectivity index (χ4n) is 2.96. The van der Waals surface area contributed by atoms with Gasteiger partial charge in [-0.15, -0.1) is 0 Å². The summed E-state index contributed by atoms with van der Waals surface area (Å²) in [5, 5.41) is 2.58. The van der Waals surface area contributed by atoms with Crippen LogP contribution >= 0.6 is 0 Å². The Bertz CT molecular complexity index is 772. The smallest absolute Gasteiger partial charge is 0.307 e. The van der Waals surface area contributed by atoms with E-state index in [4.69, 9.17) is 0 Å². The van der Waals surface area contributed by atoms with Crippen molar-refractivity contribution in [1.29, 1.82) is 0 Å². The van der Waals surface area contributed by atoms with Gasteiger partial charge < -0.3 is 15.0 Å². The van der Waals surface area contributed by atoms with Gasteiger partial charge in [-0.25, -0.2) is 0 Å². The Hall–Kier alpha value is -3.23. The lowest BCUT2D eigenvalue weighted by molar-refractivity contribution is -0.142. The zero-order chi connectivity index (χ0) is 20.8. The van der Waals surface area contributed by atoms with Crippen LogP contribution in [0.4, 0.5) is 0 Å². The molecular formula is C19H23N3O6. The van der Waals surface area contributed by atoms with E-state index in [1.807, 2.05) is 0 Å². The molecule has 1 aliphatic rings. The van der Waals surface area contributed by atoms with Crippen molar-refractivity contribution >= 4 is 29.6 Å². The van der Waals surface area contributed by atoms with Gasteiger partial charge in [0.2, 0.25) is 11.8 Å². The molecule has 9 nitrogen and oxygen atoms in total. The van der Waals surface area contributed by atoms with E-state index in [9.17, 15) is 24.0 Å². The predicted octanol–water partition coefficient (Wildman–Crippen LogP) is 0.199. The normalized spacial score (nSPS) is 13.8. The molecule has 1 aromatic rings. The monoisotopic (exact) mass is 389 g/mol. The topological polar surface area (TPSA) is 113 Å². The Kier molecular flexibility index (Phi) is 6.86. The molecule has 4 amide bonds. The number of imide groups is 1. The van der Waals surface area contributed by atoms with E-state index in [-0.39, 0.29) is 43.1 Å². The number of benzene rings is 1. The molecule has 2 rings (SSSR count). The minimum Gasteiger partial charge on any atom is -0.469 e. The zero-order valence-corrected chi connectivity index (χ0v) is 16.1. The third-order valence-electron chi connectivity index (χ3n) is 4.45. The molecule has 0 fully saturated rings. The molecule has 1 N–H and O–H groups in total. The number of nitrogens with one attached hydrogen (secondary N) is 1. The number of rotatable bonds is 8. The second-order valence-electron chi connectivity index (χ2n) is 6.34. The fraction of sp³-hybridized carbons (Fsp3) is 0.421. The number of carbonyl (C=O) groups is 5. The van der Waals surface area contributed by atoms with Crippen molar-refractivity contribution < 1.29 is 28.7 Å². The number of ether oxygens (including phenoxy) is 1. The van der Waals surface area contributed by atoms with Gasteiger partial charge in [0.1, 0.15) is 6.04 Å². The van der Waals surface area contributed by atoms with Crippen molar-refractivity contribution in [2.75, 3.05) is 26.7 Å². The quantitative estimate of drug-likeness (QED) is 0.502. The Labute approximate surface area is 162 Å². The standard InChI is InChI=1S/C19H23N3O6/c1-12(22-18(26)14-6-4-5-7-15(14)19(22)27)17(25)21(10-8-16(24)28-3)11-9-20-13(2)23/h4-7,12H,8-11H2,1-3H3,(H,20,23). The van der Waals surface area contributed by atoms with Crippen molar-refractivity contribution in [1.82, 2.24) is 15.1 Å². The van der Waals surface area contributed by atoms with Crippen molar-refractivity contribution in [3.63, 3.8) is 0 Å². The summed E-state index contributed by atoms with van der Waals surface area (Å²) in [7, 11) is 1.24. The fourth-order valence-corrected chi connectivity index (χ4v) is 2.96. The first-order valence-corrected chi connectivity index (χ1v) is 8.84. The Balaban J connectivity index is 2.15. The van der Waals surface area contributed by atoms with Crippen LogP contribution in [0.15, 0.2) is 24.3 Å².